The van der Waals surface area contributed by atoms with E-state index in [1.165, 1.54) is 42.3 Å². The molecule has 0 aliphatic carbocycles. The first kappa shape index (κ1) is 27.3. The second-order valence-corrected chi connectivity index (χ2v) is 10.1. The van der Waals surface area contributed by atoms with Crippen LogP contribution in [-0.4, -0.2) is 46.1 Å². The molecule has 0 unspecified atom stereocenters. The maximum atomic E-state index is 12.8. The number of hydrogen-bond donors (Lipinski definition) is 1. The molecule has 1 N–H and O–H groups in total. The van der Waals surface area contributed by atoms with E-state index in [-0.39, 0.29) is 17.4 Å². The molecule has 2 aromatic carbocycles. The number of thiophene rings is 1. The van der Waals surface area contributed by atoms with Crippen molar-refractivity contribution in [1.82, 2.24) is 14.8 Å². The van der Waals surface area contributed by atoms with E-state index in [9.17, 15) is 18.4 Å². The third-order valence-electron chi connectivity index (χ3n) is 5.62. The second kappa shape index (κ2) is 11.7. The van der Waals surface area contributed by atoms with E-state index in [2.05, 4.69) is 20.3 Å². The first-order valence-electron chi connectivity index (χ1n) is 11.3. The van der Waals surface area contributed by atoms with E-state index in [4.69, 9.17) is 4.74 Å². The van der Waals surface area contributed by atoms with E-state index < -0.39 is 12.6 Å². The zero-order valence-electron chi connectivity index (χ0n) is 21.0. The minimum atomic E-state index is -2.90. The Morgan fingerprint density at radius 3 is 2.53 bits per heavy atom. The lowest BCUT2D eigenvalue weighted by Crippen LogP contribution is -2.16. The molecule has 2 heterocycles. The molecule has 198 valence electrons. The number of amides is 1. The molecule has 0 aliphatic heterocycles. The molecule has 4 rings (SSSR count). The van der Waals surface area contributed by atoms with Gasteiger partial charge in [0.05, 0.1) is 12.9 Å². The summed E-state index contributed by atoms with van der Waals surface area (Å²) >= 11 is 2.43. The number of carbonyl (C=O) groups is 2. The van der Waals surface area contributed by atoms with Crippen molar-refractivity contribution in [3.63, 3.8) is 0 Å². The Hall–Kier alpha value is -3.77. The highest BCUT2D eigenvalue weighted by Crippen LogP contribution is 2.38. The molecule has 0 bridgehead atoms. The predicted molar refractivity (Wildman–Crippen MR) is 143 cm³/mol. The van der Waals surface area contributed by atoms with Gasteiger partial charge in [0.1, 0.15) is 16.3 Å². The zero-order chi connectivity index (χ0) is 27.4. The lowest BCUT2D eigenvalue weighted by Gasteiger charge is -2.10. The summed E-state index contributed by atoms with van der Waals surface area (Å²) in [6.07, 6.45) is 0. The largest absolute Gasteiger partial charge is 0.465 e. The van der Waals surface area contributed by atoms with Crippen molar-refractivity contribution >= 4 is 40.0 Å². The van der Waals surface area contributed by atoms with Crippen molar-refractivity contribution in [3.05, 3.63) is 64.5 Å². The normalized spacial score (nSPS) is 11.0. The van der Waals surface area contributed by atoms with Crippen LogP contribution in [0.25, 0.3) is 22.5 Å². The summed E-state index contributed by atoms with van der Waals surface area (Å²) < 4.78 is 35.8. The van der Waals surface area contributed by atoms with Gasteiger partial charge in [-0.1, -0.05) is 35.5 Å². The van der Waals surface area contributed by atoms with Gasteiger partial charge in [0.25, 0.3) is 0 Å². The topological polar surface area (TPSA) is 95.3 Å². The maximum Gasteiger partial charge on any atom is 0.387 e. The number of benzene rings is 2. The fourth-order valence-corrected chi connectivity index (χ4v) is 5.42. The summed E-state index contributed by atoms with van der Waals surface area (Å²) in [7, 11) is 3.05. The lowest BCUT2D eigenvalue weighted by molar-refractivity contribution is -0.113. The van der Waals surface area contributed by atoms with Gasteiger partial charge in [0.2, 0.25) is 5.91 Å². The van der Waals surface area contributed by atoms with Crippen LogP contribution in [0, 0.1) is 13.8 Å². The maximum absolute atomic E-state index is 12.8. The van der Waals surface area contributed by atoms with Gasteiger partial charge in [-0.3, -0.25) is 4.79 Å². The number of aromatic nitrogens is 3. The molecule has 8 nitrogen and oxygen atoms in total. The molecule has 12 heteroatoms. The molecular formula is C26H24F2N4O4S2. The number of nitrogens with zero attached hydrogens (tertiary/aromatic N) is 3. The highest BCUT2D eigenvalue weighted by Gasteiger charge is 2.23. The standard InChI is InChI=1S/C26H24F2N4O4S2/c1-14-5-6-15(2)18(11-14)19-12-37-23(21(19)24(34)35-4)29-20(33)13-38-26-31-30-22(32(26)3)16-7-9-17(10-8-16)36-25(27)28/h5-12,25H,13H2,1-4H3,(H,29,33). The summed E-state index contributed by atoms with van der Waals surface area (Å²) in [5, 5.41) is 13.8. The van der Waals surface area contributed by atoms with E-state index in [1.807, 2.05) is 37.4 Å². The summed E-state index contributed by atoms with van der Waals surface area (Å²) in [6.45, 7) is 1.03. The number of anilines is 1. The molecule has 38 heavy (non-hydrogen) atoms. The van der Waals surface area contributed by atoms with E-state index in [1.54, 1.807) is 23.7 Å². The number of rotatable bonds is 9. The van der Waals surface area contributed by atoms with Gasteiger partial charge in [0.15, 0.2) is 11.0 Å². The lowest BCUT2D eigenvalue weighted by atomic mass is 9.97. The Morgan fingerprint density at radius 1 is 1.11 bits per heavy atom. The number of esters is 1. The van der Waals surface area contributed by atoms with Gasteiger partial charge in [-0.25, -0.2) is 4.79 Å². The van der Waals surface area contributed by atoms with E-state index in [0.717, 1.165) is 16.7 Å². The number of halogens is 2. The van der Waals surface area contributed by atoms with Crippen LogP contribution in [0.4, 0.5) is 13.8 Å². The highest BCUT2D eigenvalue weighted by atomic mass is 32.2. The van der Waals surface area contributed by atoms with E-state index >= 15 is 0 Å². The number of nitrogens with one attached hydrogen (secondary N) is 1. The van der Waals surface area contributed by atoms with Crippen LogP contribution >= 0.6 is 23.1 Å². The molecule has 0 fully saturated rings. The summed E-state index contributed by atoms with van der Waals surface area (Å²) in [5.41, 5.74) is 4.62. The zero-order valence-corrected chi connectivity index (χ0v) is 22.6. The molecule has 0 aliphatic rings. The number of ether oxygens (including phenoxy) is 2. The average molecular weight is 559 g/mol. The number of methoxy groups -OCH3 is 1. The molecule has 0 spiro atoms. The molecule has 1 amide bonds. The predicted octanol–water partition coefficient (Wildman–Crippen LogP) is 5.95. The molecule has 2 aromatic heterocycles. The van der Waals surface area contributed by atoms with Crippen LogP contribution in [0.1, 0.15) is 21.5 Å². The van der Waals surface area contributed by atoms with Crippen molar-refractivity contribution in [1.29, 1.82) is 0 Å². The Balaban J connectivity index is 1.47. The first-order chi connectivity index (χ1) is 18.2. The molecular weight excluding hydrogens is 534 g/mol. The van der Waals surface area contributed by atoms with E-state index in [0.29, 0.717) is 32.7 Å². The Bertz CT molecular complexity index is 1470. The quantitative estimate of drug-likeness (QED) is 0.200. The van der Waals surface area contributed by atoms with Gasteiger partial charge in [0, 0.05) is 23.6 Å². The number of hydrogen-bond acceptors (Lipinski definition) is 8. The van der Waals surface area contributed by atoms with Crippen LogP contribution in [0.5, 0.6) is 5.75 Å². The summed E-state index contributed by atoms with van der Waals surface area (Å²) in [6, 6.07) is 12.0. The molecule has 0 atom stereocenters. The molecule has 0 saturated carbocycles. The van der Waals surface area contributed by atoms with Crippen LogP contribution in [0.2, 0.25) is 0 Å². The van der Waals surface area contributed by atoms with Crippen molar-refractivity contribution < 1.29 is 27.8 Å². The first-order valence-corrected chi connectivity index (χ1v) is 13.2. The molecule has 0 radical (unpaired) electrons. The van der Waals surface area contributed by atoms with Crippen molar-refractivity contribution in [2.45, 2.75) is 25.6 Å². The smallest absolute Gasteiger partial charge is 0.387 e. The second-order valence-electron chi connectivity index (χ2n) is 8.27. The minimum Gasteiger partial charge on any atom is -0.465 e. The van der Waals surface area contributed by atoms with Gasteiger partial charge in [-0.15, -0.1) is 21.5 Å². The monoisotopic (exact) mass is 558 g/mol. The van der Waals surface area contributed by atoms with Crippen molar-refractivity contribution in [2.24, 2.45) is 7.05 Å². The number of carbonyl (C=O) groups excluding carboxylic acids is 2. The Labute approximate surface area is 226 Å². The Morgan fingerprint density at radius 2 is 1.84 bits per heavy atom. The summed E-state index contributed by atoms with van der Waals surface area (Å²) in [4.78, 5) is 25.5. The van der Waals surface area contributed by atoms with Crippen molar-refractivity contribution in [2.75, 3.05) is 18.2 Å². The third kappa shape index (κ3) is 6.03. The van der Waals surface area contributed by atoms with Gasteiger partial charge >= 0.3 is 12.6 Å². The highest BCUT2D eigenvalue weighted by molar-refractivity contribution is 7.99. The average Bonchev–Trinajstić information content (AvgIpc) is 3.47. The Kier molecular flexibility index (Phi) is 8.42. The minimum absolute atomic E-state index is 0.0183. The van der Waals surface area contributed by atoms with Crippen LogP contribution in [0.15, 0.2) is 53.0 Å². The van der Waals surface area contributed by atoms with Crippen molar-refractivity contribution in [3.8, 4) is 28.3 Å². The number of thioether (sulfide) groups is 1. The van der Waals surface area contributed by atoms with Crippen LogP contribution < -0.4 is 10.1 Å². The SMILES string of the molecule is COC(=O)c1c(-c2cc(C)ccc2C)csc1NC(=O)CSc1nnc(-c2ccc(OC(F)F)cc2)n1C. The molecule has 0 saturated heterocycles. The van der Waals surface area contributed by atoms with Crippen LogP contribution in [-0.2, 0) is 16.6 Å². The third-order valence-corrected chi connectivity index (χ3v) is 7.54. The molecule has 4 aromatic rings. The van der Waals surface area contributed by atoms with Gasteiger partial charge in [-0.05, 0) is 49.2 Å². The fraction of sp³-hybridized carbons (Fsp3) is 0.231. The summed E-state index contributed by atoms with van der Waals surface area (Å²) in [5.74, 6) is -0.302. The van der Waals surface area contributed by atoms with Gasteiger partial charge in [-0.2, -0.15) is 8.78 Å². The number of alkyl halides is 2. The van der Waals surface area contributed by atoms with Gasteiger partial charge < -0.3 is 19.4 Å². The van der Waals surface area contributed by atoms with Crippen LogP contribution in [0.3, 0.4) is 0 Å². The number of aryl methyl sites for hydroxylation is 2. The fourth-order valence-electron chi connectivity index (χ4n) is 3.75.